The highest BCUT2D eigenvalue weighted by Crippen LogP contribution is 2.25. The van der Waals surface area contributed by atoms with Crippen molar-refractivity contribution in [2.24, 2.45) is 0 Å². The van der Waals surface area contributed by atoms with E-state index in [2.05, 4.69) is 9.97 Å². The quantitative estimate of drug-likeness (QED) is 0.697. The van der Waals surface area contributed by atoms with Crippen LogP contribution in [-0.4, -0.2) is 24.3 Å². The van der Waals surface area contributed by atoms with Gasteiger partial charge in [0.1, 0.15) is 4.21 Å². The van der Waals surface area contributed by atoms with E-state index in [4.69, 9.17) is 23.2 Å². The van der Waals surface area contributed by atoms with Gasteiger partial charge in [-0.15, -0.1) is 11.3 Å². The highest BCUT2D eigenvalue weighted by molar-refractivity contribution is 7.92. The van der Waals surface area contributed by atoms with Crippen molar-refractivity contribution in [3.8, 4) is 0 Å². The molecule has 2 heterocycles. The molecule has 0 atom stereocenters. The summed E-state index contributed by atoms with van der Waals surface area (Å²) >= 11 is 12.7. The maximum Gasteiger partial charge on any atom is 0.289 e. The van der Waals surface area contributed by atoms with E-state index < -0.39 is 27.2 Å². The van der Waals surface area contributed by atoms with Crippen molar-refractivity contribution in [3.63, 3.8) is 0 Å². The number of thiophene rings is 1. The number of aromatic amines is 1. The van der Waals surface area contributed by atoms with Crippen LogP contribution in [0.2, 0.25) is 10.0 Å². The molecule has 0 saturated heterocycles. The van der Waals surface area contributed by atoms with Crippen LogP contribution in [-0.2, 0) is 10.0 Å². The molecule has 11 heteroatoms. The number of nitrogens with zero attached hydrogens (tertiary/aromatic N) is 1. The summed E-state index contributed by atoms with van der Waals surface area (Å²) in [5.74, 6) is -1.14. The third-order valence-corrected chi connectivity index (χ3v) is 6.39. The van der Waals surface area contributed by atoms with Gasteiger partial charge in [0.15, 0.2) is 5.69 Å². The molecule has 0 unspecified atom stereocenters. The van der Waals surface area contributed by atoms with Gasteiger partial charge in [0.25, 0.3) is 21.5 Å². The summed E-state index contributed by atoms with van der Waals surface area (Å²) in [6.07, 6.45) is 0. The van der Waals surface area contributed by atoms with Crippen LogP contribution in [0.25, 0.3) is 11.0 Å². The standard InChI is InChI=1S/C13H7Cl2N3O4S2/c14-6-4-8-9(5-7(6)15)17-12(19)11(16-8)13(20)18-24(21,22)10-2-1-3-23-10/h1-5H,(H,17,19)(H,18,20). The van der Waals surface area contributed by atoms with Gasteiger partial charge < -0.3 is 4.98 Å². The third kappa shape index (κ3) is 3.16. The van der Waals surface area contributed by atoms with Crippen molar-refractivity contribution in [3.05, 3.63) is 55.7 Å². The molecule has 3 aromatic rings. The fourth-order valence-electron chi connectivity index (χ4n) is 1.87. The van der Waals surface area contributed by atoms with E-state index in [0.29, 0.717) is 0 Å². The normalized spacial score (nSPS) is 11.6. The Balaban J connectivity index is 2.03. The van der Waals surface area contributed by atoms with Crippen LogP contribution in [0.1, 0.15) is 10.5 Å². The topological polar surface area (TPSA) is 109 Å². The van der Waals surface area contributed by atoms with E-state index in [1.165, 1.54) is 24.3 Å². The summed E-state index contributed by atoms with van der Waals surface area (Å²) in [6.45, 7) is 0. The number of nitrogens with one attached hydrogen (secondary N) is 2. The van der Waals surface area contributed by atoms with Gasteiger partial charge in [-0.2, -0.15) is 0 Å². The van der Waals surface area contributed by atoms with Gasteiger partial charge in [0.2, 0.25) is 0 Å². The number of aromatic nitrogens is 2. The van der Waals surface area contributed by atoms with Crippen LogP contribution in [0, 0.1) is 0 Å². The van der Waals surface area contributed by atoms with Crippen LogP contribution in [0.3, 0.4) is 0 Å². The summed E-state index contributed by atoms with van der Waals surface area (Å²) < 4.78 is 25.9. The summed E-state index contributed by atoms with van der Waals surface area (Å²) in [6, 6.07) is 5.61. The molecule has 3 rings (SSSR count). The molecule has 1 aromatic carbocycles. The Kier molecular flexibility index (Phi) is 4.35. The molecular weight excluding hydrogens is 397 g/mol. The molecular formula is C13H7Cl2N3O4S2. The zero-order chi connectivity index (χ0) is 17.5. The number of sulfonamides is 1. The summed E-state index contributed by atoms with van der Waals surface area (Å²) in [5.41, 5.74) is -0.976. The number of H-pyrrole nitrogens is 1. The molecule has 2 aromatic heterocycles. The molecule has 124 valence electrons. The average Bonchev–Trinajstić information content (AvgIpc) is 3.03. The highest BCUT2D eigenvalue weighted by Gasteiger charge is 2.23. The number of benzene rings is 1. The Hall–Kier alpha value is -1.94. The monoisotopic (exact) mass is 403 g/mol. The molecule has 1 amide bonds. The predicted molar refractivity (Wildman–Crippen MR) is 91.4 cm³/mol. The minimum Gasteiger partial charge on any atom is -0.319 e. The number of rotatable bonds is 3. The van der Waals surface area contributed by atoms with Crippen molar-refractivity contribution in [1.29, 1.82) is 0 Å². The van der Waals surface area contributed by atoms with Crippen molar-refractivity contribution in [2.45, 2.75) is 4.21 Å². The van der Waals surface area contributed by atoms with E-state index >= 15 is 0 Å². The highest BCUT2D eigenvalue weighted by atomic mass is 35.5. The summed E-state index contributed by atoms with van der Waals surface area (Å²) in [7, 11) is -4.07. The van der Waals surface area contributed by atoms with E-state index in [-0.39, 0.29) is 25.3 Å². The van der Waals surface area contributed by atoms with Gasteiger partial charge >= 0.3 is 0 Å². The van der Waals surface area contributed by atoms with Crippen LogP contribution >= 0.6 is 34.5 Å². The lowest BCUT2D eigenvalue weighted by Crippen LogP contribution is -2.35. The molecule has 0 bridgehead atoms. The number of hydrogen-bond donors (Lipinski definition) is 2. The predicted octanol–water partition coefficient (Wildman–Crippen LogP) is 2.41. The molecule has 0 aliphatic rings. The molecule has 0 aliphatic carbocycles. The van der Waals surface area contributed by atoms with Crippen molar-refractivity contribution < 1.29 is 13.2 Å². The lowest BCUT2D eigenvalue weighted by Gasteiger charge is -2.06. The smallest absolute Gasteiger partial charge is 0.289 e. The Morgan fingerprint density at radius 2 is 1.96 bits per heavy atom. The lowest BCUT2D eigenvalue weighted by molar-refractivity contribution is 0.0975. The molecule has 0 aliphatic heterocycles. The minimum atomic E-state index is -4.07. The molecule has 7 nitrogen and oxygen atoms in total. The second kappa shape index (κ2) is 6.17. The first-order valence-electron chi connectivity index (χ1n) is 6.27. The van der Waals surface area contributed by atoms with Crippen LogP contribution < -0.4 is 10.3 Å². The van der Waals surface area contributed by atoms with E-state index in [1.54, 1.807) is 5.38 Å². The van der Waals surface area contributed by atoms with Gasteiger partial charge in [-0.05, 0) is 23.6 Å². The molecule has 0 spiro atoms. The number of hydrogen-bond acceptors (Lipinski definition) is 6. The number of halogens is 2. The van der Waals surface area contributed by atoms with Crippen LogP contribution in [0.5, 0.6) is 0 Å². The van der Waals surface area contributed by atoms with Crippen molar-refractivity contribution in [1.82, 2.24) is 14.7 Å². The van der Waals surface area contributed by atoms with Crippen LogP contribution in [0.4, 0.5) is 0 Å². The Morgan fingerprint density at radius 1 is 1.25 bits per heavy atom. The maximum absolute atomic E-state index is 12.1. The van der Waals surface area contributed by atoms with Crippen molar-refractivity contribution >= 4 is 61.5 Å². The first kappa shape index (κ1) is 16.9. The molecule has 0 saturated carbocycles. The zero-order valence-corrected chi connectivity index (χ0v) is 14.7. The Labute approximate surface area is 149 Å². The first-order valence-corrected chi connectivity index (χ1v) is 9.39. The number of carbonyl (C=O) groups is 1. The Bertz CT molecular complexity index is 1110. The van der Waals surface area contributed by atoms with Gasteiger partial charge in [0.05, 0.1) is 21.1 Å². The second-order valence-corrected chi connectivity index (χ2v) is 8.24. The van der Waals surface area contributed by atoms with Gasteiger partial charge in [-0.1, -0.05) is 29.3 Å². The van der Waals surface area contributed by atoms with Crippen LogP contribution in [0.15, 0.2) is 38.6 Å². The van der Waals surface area contributed by atoms with Crippen molar-refractivity contribution in [2.75, 3.05) is 0 Å². The summed E-state index contributed by atoms with van der Waals surface area (Å²) in [4.78, 5) is 30.4. The van der Waals surface area contributed by atoms with E-state index in [0.717, 1.165) is 11.3 Å². The molecule has 24 heavy (non-hydrogen) atoms. The number of fused-ring (bicyclic) bond motifs is 1. The summed E-state index contributed by atoms with van der Waals surface area (Å²) in [5, 5.41) is 1.94. The fraction of sp³-hybridized carbons (Fsp3) is 0. The molecule has 0 radical (unpaired) electrons. The van der Waals surface area contributed by atoms with Gasteiger partial charge in [-0.3, -0.25) is 9.59 Å². The van der Waals surface area contributed by atoms with Gasteiger partial charge in [0, 0.05) is 0 Å². The average molecular weight is 404 g/mol. The minimum absolute atomic E-state index is 0.0529. The van der Waals surface area contributed by atoms with E-state index in [1.807, 2.05) is 4.72 Å². The third-order valence-electron chi connectivity index (χ3n) is 2.94. The SMILES string of the molecule is O=C(NS(=O)(=O)c1cccs1)c1nc2cc(Cl)c(Cl)cc2[nH]c1=O. The van der Waals surface area contributed by atoms with E-state index in [9.17, 15) is 18.0 Å². The Morgan fingerprint density at radius 3 is 2.62 bits per heavy atom. The lowest BCUT2D eigenvalue weighted by atomic mass is 10.3. The molecule has 0 fully saturated rings. The largest absolute Gasteiger partial charge is 0.319 e. The fourth-order valence-corrected chi connectivity index (χ4v) is 4.14. The molecule has 2 N–H and O–H groups in total. The zero-order valence-electron chi connectivity index (χ0n) is 11.5. The first-order chi connectivity index (χ1) is 11.3. The number of amides is 1. The number of carbonyl (C=O) groups excluding carboxylic acids is 1. The second-order valence-electron chi connectivity index (χ2n) is 4.56. The maximum atomic E-state index is 12.1. The van der Waals surface area contributed by atoms with Gasteiger partial charge in [-0.25, -0.2) is 18.1 Å².